The Bertz CT molecular complexity index is 511. The number of nitrogens with one attached hydrogen (secondary N) is 1. The average Bonchev–Trinajstić information content (AvgIpc) is 2.79. The number of hydrogen-bond acceptors (Lipinski definition) is 4. The maximum Gasteiger partial charge on any atom is 0.231 e. The van der Waals surface area contributed by atoms with Crippen molar-refractivity contribution < 1.29 is 14.2 Å². The van der Waals surface area contributed by atoms with Crippen molar-refractivity contribution in [1.29, 1.82) is 0 Å². The molecule has 1 atom stereocenters. The minimum atomic E-state index is -0.171. The predicted octanol–water partition coefficient (Wildman–Crippen LogP) is 3.26. The van der Waals surface area contributed by atoms with Crippen molar-refractivity contribution in [1.82, 2.24) is 5.32 Å². The molecule has 1 unspecified atom stereocenters. The second-order valence-electron chi connectivity index (χ2n) is 6.66. The van der Waals surface area contributed by atoms with Gasteiger partial charge in [0.05, 0.1) is 0 Å². The molecule has 3 rings (SSSR count). The van der Waals surface area contributed by atoms with Crippen LogP contribution in [-0.4, -0.2) is 18.9 Å². The van der Waals surface area contributed by atoms with Crippen molar-refractivity contribution >= 4 is 0 Å². The molecule has 1 N–H and O–H groups in total. The zero-order valence-corrected chi connectivity index (χ0v) is 12.7. The van der Waals surface area contributed by atoms with Gasteiger partial charge >= 0.3 is 0 Å². The second kappa shape index (κ2) is 4.85. The highest BCUT2D eigenvalue weighted by Crippen LogP contribution is 2.46. The van der Waals surface area contributed by atoms with Crippen molar-refractivity contribution in [3.8, 4) is 17.2 Å². The van der Waals surface area contributed by atoms with Gasteiger partial charge in [-0.05, 0) is 32.4 Å². The molecule has 0 spiro atoms. The second-order valence-corrected chi connectivity index (χ2v) is 6.66. The Hall–Kier alpha value is -1.42. The lowest BCUT2D eigenvalue weighted by Gasteiger charge is -2.38. The number of ether oxygens (including phenoxy) is 3. The van der Waals surface area contributed by atoms with Gasteiger partial charge in [0, 0.05) is 24.1 Å². The van der Waals surface area contributed by atoms with Crippen LogP contribution in [0.5, 0.6) is 17.2 Å². The van der Waals surface area contributed by atoms with E-state index in [2.05, 4.69) is 39.1 Å². The molecule has 20 heavy (non-hydrogen) atoms. The first-order valence-electron chi connectivity index (χ1n) is 7.30. The van der Waals surface area contributed by atoms with E-state index in [9.17, 15) is 0 Å². The summed E-state index contributed by atoms with van der Waals surface area (Å²) >= 11 is 0. The van der Waals surface area contributed by atoms with Crippen molar-refractivity contribution in [2.45, 2.75) is 45.8 Å². The molecule has 0 fully saturated rings. The Balaban J connectivity index is 1.93. The fraction of sp³-hybridized carbons (Fsp3) is 0.625. The maximum atomic E-state index is 6.11. The summed E-state index contributed by atoms with van der Waals surface area (Å²) in [6.45, 7) is 9.99. The molecule has 0 bridgehead atoms. The number of benzene rings is 1. The van der Waals surface area contributed by atoms with Gasteiger partial charge in [-0.2, -0.15) is 0 Å². The van der Waals surface area contributed by atoms with Crippen molar-refractivity contribution in [2.24, 2.45) is 5.92 Å². The summed E-state index contributed by atoms with van der Waals surface area (Å²) in [5.41, 5.74) is 1.00. The van der Waals surface area contributed by atoms with Crippen LogP contribution >= 0.6 is 0 Å². The van der Waals surface area contributed by atoms with E-state index in [1.54, 1.807) is 0 Å². The minimum Gasteiger partial charge on any atom is -0.487 e. The van der Waals surface area contributed by atoms with Gasteiger partial charge in [-0.1, -0.05) is 13.8 Å². The third-order valence-electron chi connectivity index (χ3n) is 3.73. The van der Waals surface area contributed by atoms with Crippen LogP contribution in [0.1, 0.15) is 45.7 Å². The molecule has 0 aromatic heterocycles. The topological polar surface area (TPSA) is 39.7 Å². The highest BCUT2D eigenvalue weighted by molar-refractivity contribution is 5.54. The van der Waals surface area contributed by atoms with E-state index in [1.165, 1.54) is 5.56 Å². The fourth-order valence-electron chi connectivity index (χ4n) is 2.80. The van der Waals surface area contributed by atoms with Crippen molar-refractivity contribution in [3.63, 3.8) is 0 Å². The Morgan fingerprint density at radius 2 is 1.90 bits per heavy atom. The van der Waals surface area contributed by atoms with E-state index in [0.29, 0.717) is 18.8 Å². The van der Waals surface area contributed by atoms with E-state index < -0.39 is 0 Å². The van der Waals surface area contributed by atoms with Gasteiger partial charge < -0.3 is 19.5 Å². The summed E-state index contributed by atoms with van der Waals surface area (Å²) in [7, 11) is 0. The number of rotatable bonds is 3. The molecule has 2 heterocycles. The molecule has 0 radical (unpaired) electrons. The lowest BCUT2D eigenvalue weighted by molar-refractivity contribution is 0.0652. The Kier molecular flexibility index (Phi) is 3.28. The molecule has 0 saturated heterocycles. The largest absolute Gasteiger partial charge is 0.487 e. The normalized spacial score (nSPS) is 22.6. The first-order valence-corrected chi connectivity index (χ1v) is 7.30. The number of hydrogen-bond donors (Lipinski definition) is 1. The molecule has 0 saturated carbocycles. The monoisotopic (exact) mass is 277 g/mol. The van der Waals surface area contributed by atoms with Crippen LogP contribution in [0.15, 0.2) is 12.1 Å². The number of fused-ring (bicyclic) bond motifs is 2. The van der Waals surface area contributed by atoms with Crippen LogP contribution in [0, 0.1) is 5.92 Å². The molecule has 0 aliphatic carbocycles. The van der Waals surface area contributed by atoms with Crippen molar-refractivity contribution in [2.75, 3.05) is 13.3 Å². The fourth-order valence-corrected chi connectivity index (χ4v) is 2.80. The quantitative estimate of drug-likeness (QED) is 0.920. The molecular formula is C16H23NO3. The lowest BCUT2D eigenvalue weighted by Crippen LogP contribution is -2.40. The molecule has 0 amide bonds. The van der Waals surface area contributed by atoms with E-state index in [0.717, 1.165) is 30.2 Å². The van der Waals surface area contributed by atoms with E-state index in [-0.39, 0.29) is 5.60 Å². The van der Waals surface area contributed by atoms with E-state index in [4.69, 9.17) is 14.2 Å². The van der Waals surface area contributed by atoms with Crippen LogP contribution < -0.4 is 19.5 Å². The van der Waals surface area contributed by atoms with Gasteiger partial charge in [-0.25, -0.2) is 0 Å². The summed E-state index contributed by atoms with van der Waals surface area (Å²) in [5.74, 6) is 3.14. The van der Waals surface area contributed by atoms with Crippen LogP contribution in [0.25, 0.3) is 0 Å². The van der Waals surface area contributed by atoms with Gasteiger partial charge in [0.25, 0.3) is 0 Å². The zero-order valence-electron chi connectivity index (χ0n) is 12.7. The highest BCUT2D eigenvalue weighted by atomic mass is 16.7. The standard InChI is InChI=1S/C16H23NO3/c1-10(2)8-17-12-7-16(3,4)20-13-6-15-14(5-11(12)13)18-9-19-15/h5-6,10,12,17H,7-9H2,1-4H3. The summed E-state index contributed by atoms with van der Waals surface area (Å²) < 4.78 is 17.0. The molecule has 4 nitrogen and oxygen atoms in total. The summed E-state index contributed by atoms with van der Waals surface area (Å²) in [5, 5.41) is 3.65. The zero-order chi connectivity index (χ0) is 14.3. The Labute approximate surface area is 120 Å². The smallest absolute Gasteiger partial charge is 0.231 e. The highest BCUT2D eigenvalue weighted by Gasteiger charge is 2.35. The summed E-state index contributed by atoms with van der Waals surface area (Å²) in [6.07, 6.45) is 0.951. The van der Waals surface area contributed by atoms with Gasteiger partial charge in [-0.15, -0.1) is 0 Å². The third-order valence-corrected chi connectivity index (χ3v) is 3.73. The Morgan fingerprint density at radius 3 is 2.60 bits per heavy atom. The van der Waals surface area contributed by atoms with Gasteiger partial charge in [0.15, 0.2) is 11.5 Å². The maximum absolute atomic E-state index is 6.11. The minimum absolute atomic E-state index is 0.171. The molecule has 1 aromatic rings. The summed E-state index contributed by atoms with van der Waals surface area (Å²) in [4.78, 5) is 0. The summed E-state index contributed by atoms with van der Waals surface area (Å²) in [6, 6.07) is 4.32. The first-order chi connectivity index (χ1) is 9.44. The van der Waals surface area contributed by atoms with Crippen LogP contribution in [0.2, 0.25) is 0 Å². The molecular weight excluding hydrogens is 254 g/mol. The third kappa shape index (κ3) is 2.57. The average molecular weight is 277 g/mol. The lowest BCUT2D eigenvalue weighted by atomic mass is 9.89. The van der Waals surface area contributed by atoms with Gasteiger partial charge in [-0.3, -0.25) is 0 Å². The van der Waals surface area contributed by atoms with E-state index >= 15 is 0 Å². The molecule has 110 valence electrons. The molecule has 2 aliphatic heterocycles. The predicted molar refractivity (Wildman–Crippen MR) is 77.5 cm³/mol. The molecule has 4 heteroatoms. The Morgan fingerprint density at radius 1 is 1.20 bits per heavy atom. The van der Waals surface area contributed by atoms with Crippen LogP contribution in [0.3, 0.4) is 0 Å². The van der Waals surface area contributed by atoms with Gasteiger partial charge in [0.1, 0.15) is 11.4 Å². The van der Waals surface area contributed by atoms with Crippen molar-refractivity contribution in [3.05, 3.63) is 17.7 Å². The first kappa shape index (κ1) is 13.6. The SMILES string of the molecule is CC(C)CNC1CC(C)(C)Oc2cc3c(cc21)OCO3. The van der Waals surface area contributed by atoms with Gasteiger partial charge in [0.2, 0.25) is 6.79 Å². The van der Waals surface area contributed by atoms with Crippen LogP contribution in [0.4, 0.5) is 0 Å². The van der Waals surface area contributed by atoms with Crippen LogP contribution in [-0.2, 0) is 0 Å². The molecule has 1 aromatic carbocycles. The van der Waals surface area contributed by atoms with E-state index in [1.807, 2.05) is 6.07 Å². The molecule has 2 aliphatic rings.